The molecule has 3 rings (SSSR count). The molecule has 0 saturated carbocycles. The molecule has 0 radical (unpaired) electrons. The molecule has 1 aromatic rings. The van der Waals surface area contributed by atoms with Gasteiger partial charge in [0.1, 0.15) is 5.69 Å². The molecule has 1 amide bonds. The zero-order chi connectivity index (χ0) is 13.6. The van der Waals surface area contributed by atoms with Crippen molar-refractivity contribution in [3.8, 4) is 0 Å². The molecule has 2 fully saturated rings. The smallest absolute Gasteiger partial charge is 0.308 e. The van der Waals surface area contributed by atoms with Gasteiger partial charge < -0.3 is 15.0 Å². The van der Waals surface area contributed by atoms with E-state index in [-0.39, 0.29) is 29.2 Å². The molecule has 2 bridgehead atoms. The fourth-order valence-electron chi connectivity index (χ4n) is 3.28. The Morgan fingerprint density at radius 1 is 1.32 bits per heavy atom. The summed E-state index contributed by atoms with van der Waals surface area (Å²) in [5.41, 5.74) is -0.0948. The second kappa shape index (κ2) is 4.22. The molecule has 19 heavy (non-hydrogen) atoms. The maximum atomic E-state index is 12.4. The molecule has 3 heterocycles. The quantitative estimate of drug-likeness (QED) is 0.809. The monoisotopic (exact) mass is 262 g/mol. The van der Waals surface area contributed by atoms with E-state index in [0.29, 0.717) is 6.42 Å². The molecular weight excluding hydrogens is 248 g/mol. The minimum absolute atomic E-state index is 0.0118. The molecule has 0 aromatic carbocycles. The first-order valence-corrected chi connectivity index (χ1v) is 6.33. The number of pyridine rings is 1. The van der Waals surface area contributed by atoms with Crippen LogP contribution < -0.4 is 5.56 Å². The predicted octanol–water partition coefficient (Wildman–Crippen LogP) is 0.453. The zero-order valence-electron chi connectivity index (χ0n) is 10.2. The van der Waals surface area contributed by atoms with Gasteiger partial charge in [-0.3, -0.25) is 14.4 Å². The van der Waals surface area contributed by atoms with Crippen LogP contribution in [-0.4, -0.2) is 39.0 Å². The van der Waals surface area contributed by atoms with Crippen LogP contribution in [0.25, 0.3) is 0 Å². The standard InChI is InChI=1S/C13H14N2O4/c16-11-3-1-2-9(14-11)12(17)15-7-4-5-10(15)8(6-7)13(18)19/h1-3,7-8,10H,4-6H2,(H,14,16)(H,18,19). The van der Waals surface area contributed by atoms with Crippen LogP contribution in [-0.2, 0) is 4.79 Å². The minimum Gasteiger partial charge on any atom is -0.481 e. The highest BCUT2D eigenvalue weighted by Crippen LogP contribution is 2.42. The first-order valence-electron chi connectivity index (χ1n) is 6.33. The van der Waals surface area contributed by atoms with Gasteiger partial charge in [0.25, 0.3) is 5.91 Å². The highest BCUT2D eigenvalue weighted by molar-refractivity contribution is 5.93. The average Bonchev–Trinajstić information content (AvgIpc) is 2.95. The number of fused-ring (bicyclic) bond motifs is 2. The SMILES string of the molecule is O=C(O)C1CC2CCC1N2C(=O)c1cccc(=O)[nH]1. The lowest BCUT2D eigenvalue weighted by molar-refractivity contribution is -0.142. The van der Waals surface area contributed by atoms with Crippen molar-refractivity contribution in [1.82, 2.24) is 9.88 Å². The van der Waals surface area contributed by atoms with Crippen molar-refractivity contribution in [3.05, 3.63) is 34.2 Å². The topological polar surface area (TPSA) is 90.5 Å². The van der Waals surface area contributed by atoms with Gasteiger partial charge in [0.2, 0.25) is 5.56 Å². The lowest BCUT2D eigenvalue weighted by Crippen LogP contribution is -2.38. The molecular formula is C13H14N2O4. The van der Waals surface area contributed by atoms with Crippen LogP contribution in [0.4, 0.5) is 0 Å². The van der Waals surface area contributed by atoms with Gasteiger partial charge in [0.05, 0.1) is 5.92 Å². The number of carboxylic acid groups (broad SMARTS) is 1. The number of hydrogen-bond donors (Lipinski definition) is 2. The molecule has 6 heteroatoms. The third-order valence-electron chi connectivity index (χ3n) is 4.09. The summed E-state index contributed by atoms with van der Waals surface area (Å²) in [5.74, 6) is -1.58. The van der Waals surface area contributed by atoms with Gasteiger partial charge in [-0.1, -0.05) is 6.07 Å². The number of carboxylic acids is 1. The second-order valence-corrected chi connectivity index (χ2v) is 5.12. The molecule has 6 nitrogen and oxygen atoms in total. The molecule has 2 saturated heterocycles. The largest absolute Gasteiger partial charge is 0.481 e. The second-order valence-electron chi connectivity index (χ2n) is 5.12. The number of H-pyrrole nitrogens is 1. The Morgan fingerprint density at radius 2 is 2.11 bits per heavy atom. The fourth-order valence-corrected chi connectivity index (χ4v) is 3.28. The van der Waals surface area contributed by atoms with Crippen LogP contribution in [0.1, 0.15) is 29.8 Å². The number of nitrogens with zero attached hydrogens (tertiary/aromatic N) is 1. The predicted molar refractivity (Wildman–Crippen MR) is 65.8 cm³/mol. The zero-order valence-corrected chi connectivity index (χ0v) is 10.2. The van der Waals surface area contributed by atoms with Gasteiger partial charge in [0.15, 0.2) is 0 Å². The number of carbonyl (C=O) groups is 2. The molecule has 2 N–H and O–H groups in total. The van der Waals surface area contributed by atoms with Crippen molar-refractivity contribution < 1.29 is 14.7 Å². The van der Waals surface area contributed by atoms with Gasteiger partial charge in [-0.25, -0.2) is 0 Å². The Balaban J connectivity index is 1.89. The van der Waals surface area contributed by atoms with E-state index in [0.717, 1.165) is 12.8 Å². The van der Waals surface area contributed by atoms with Crippen molar-refractivity contribution in [1.29, 1.82) is 0 Å². The summed E-state index contributed by atoms with van der Waals surface area (Å²) in [6.07, 6.45) is 2.09. The van der Waals surface area contributed by atoms with Gasteiger partial charge in [-0.2, -0.15) is 0 Å². The minimum atomic E-state index is -0.841. The lowest BCUT2D eigenvalue weighted by Gasteiger charge is -2.22. The molecule has 1 aromatic heterocycles. The summed E-state index contributed by atoms with van der Waals surface area (Å²) in [6, 6.07) is 4.17. The van der Waals surface area contributed by atoms with Crippen LogP contribution in [0.15, 0.2) is 23.0 Å². The van der Waals surface area contributed by atoms with Crippen LogP contribution in [0, 0.1) is 5.92 Å². The summed E-state index contributed by atoms with van der Waals surface area (Å²) in [7, 11) is 0. The normalized spacial score (nSPS) is 28.6. The molecule has 100 valence electrons. The highest BCUT2D eigenvalue weighted by atomic mass is 16.4. The van der Waals surface area contributed by atoms with E-state index in [1.165, 1.54) is 12.1 Å². The first-order chi connectivity index (χ1) is 9.08. The van der Waals surface area contributed by atoms with Crippen molar-refractivity contribution in [2.24, 2.45) is 5.92 Å². The molecule has 0 spiro atoms. The van der Waals surface area contributed by atoms with Crippen molar-refractivity contribution in [2.45, 2.75) is 31.3 Å². The summed E-state index contributed by atoms with van der Waals surface area (Å²) in [5, 5.41) is 9.15. The number of nitrogens with one attached hydrogen (secondary N) is 1. The van der Waals surface area contributed by atoms with Gasteiger partial charge >= 0.3 is 5.97 Å². The Kier molecular flexibility index (Phi) is 2.66. The number of rotatable bonds is 2. The maximum absolute atomic E-state index is 12.4. The third kappa shape index (κ3) is 1.83. The van der Waals surface area contributed by atoms with Crippen LogP contribution in [0.2, 0.25) is 0 Å². The van der Waals surface area contributed by atoms with Crippen molar-refractivity contribution in [2.75, 3.05) is 0 Å². The molecule has 2 aliphatic rings. The number of aliphatic carboxylic acids is 1. The third-order valence-corrected chi connectivity index (χ3v) is 4.09. The summed E-state index contributed by atoms with van der Waals surface area (Å²) < 4.78 is 0. The fraction of sp³-hybridized carbons (Fsp3) is 0.462. The van der Waals surface area contributed by atoms with E-state index >= 15 is 0 Å². The maximum Gasteiger partial charge on any atom is 0.308 e. The Labute approximate surface area is 109 Å². The average molecular weight is 262 g/mol. The molecule has 2 aliphatic heterocycles. The molecule has 3 atom stereocenters. The van der Waals surface area contributed by atoms with E-state index < -0.39 is 11.9 Å². The first kappa shape index (κ1) is 12.0. The van der Waals surface area contributed by atoms with E-state index in [1.807, 2.05) is 0 Å². The summed E-state index contributed by atoms with van der Waals surface area (Å²) in [4.78, 5) is 38.9. The number of aromatic amines is 1. The Bertz CT molecular complexity index is 594. The summed E-state index contributed by atoms with van der Waals surface area (Å²) in [6.45, 7) is 0. The summed E-state index contributed by atoms with van der Waals surface area (Å²) >= 11 is 0. The lowest BCUT2D eigenvalue weighted by atomic mass is 9.89. The number of amides is 1. The molecule has 3 unspecified atom stereocenters. The molecule has 0 aliphatic carbocycles. The van der Waals surface area contributed by atoms with E-state index in [1.54, 1.807) is 11.0 Å². The van der Waals surface area contributed by atoms with Gasteiger partial charge in [-0.15, -0.1) is 0 Å². The van der Waals surface area contributed by atoms with E-state index in [9.17, 15) is 14.4 Å². The highest BCUT2D eigenvalue weighted by Gasteiger charge is 2.51. The number of hydrogen-bond acceptors (Lipinski definition) is 3. The number of aromatic nitrogens is 1. The van der Waals surface area contributed by atoms with E-state index in [2.05, 4.69) is 4.98 Å². The van der Waals surface area contributed by atoms with Crippen LogP contribution in [0.3, 0.4) is 0 Å². The Morgan fingerprint density at radius 3 is 2.74 bits per heavy atom. The van der Waals surface area contributed by atoms with Gasteiger partial charge in [-0.05, 0) is 25.3 Å². The van der Waals surface area contributed by atoms with Crippen molar-refractivity contribution in [3.63, 3.8) is 0 Å². The van der Waals surface area contributed by atoms with Gasteiger partial charge in [0, 0.05) is 18.2 Å². The van der Waals surface area contributed by atoms with E-state index in [4.69, 9.17) is 5.11 Å². The Hall–Kier alpha value is -2.11. The van der Waals surface area contributed by atoms with Crippen molar-refractivity contribution >= 4 is 11.9 Å². The van der Waals surface area contributed by atoms with Crippen LogP contribution in [0.5, 0.6) is 0 Å². The number of carbonyl (C=O) groups excluding carboxylic acids is 1. The van der Waals surface area contributed by atoms with Crippen LogP contribution >= 0.6 is 0 Å².